The molecule has 1 N–H and O–H groups in total. The number of hydrazone groups is 1. The Bertz CT molecular complexity index is 807. The number of benzene rings is 2. The van der Waals surface area contributed by atoms with Crippen LogP contribution in [0.3, 0.4) is 0 Å². The van der Waals surface area contributed by atoms with Crippen LogP contribution < -0.4 is 5.43 Å². The van der Waals surface area contributed by atoms with E-state index in [4.69, 9.17) is 0 Å². The Morgan fingerprint density at radius 1 is 0.920 bits per heavy atom. The second-order valence-electron chi connectivity index (χ2n) is 5.69. The highest BCUT2D eigenvalue weighted by atomic mass is 16.2. The van der Waals surface area contributed by atoms with E-state index in [9.17, 15) is 4.79 Å². The zero-order chi connectivity index (χ0) is 17.5. The smallest absolute Gasteiger partial charge is 0.267 e. The zero-order valence-electron chi connectivity index (χ0n) is 14.0. The average Bonchev–Trinajstić information content (AvgIpc) is 2.69. The molecule has 1 heterocycles. The van der Waals surface area contributed by atoms with Crippen LogP contribution in [0.1, 0.15) is 34.3 Å². The molecule has 2 aromatic carbocycles. The van der Waals surface area contributed by atoms with Crippen LogP contribution in [0.25, 0.3) is 0 Å². The van der Waals surface area contributed by atoms with Crippen LogP contribution in [0.15, 0.2) is 90.3 Å². The van der Waals surface area contributed by atoms with E-state index in [1.54, 1.807) is 18.3 Å². The first kappa shape index (κ1) is 16.6. The summed E-state index contributed by atoms with van der Waals surface area (Å²) >= 11 is 0. The van der Waals surface area contributed by atoms with E-state index in [1.165, 1.54) is 6.20 Å². The molecule has 0 saturated heterocycles. The van der Waals surface area contributed by atoms with Crippen molar-refractivity contribution in [3.05, 3.63) is 102 Å². The maximum absolute atomic E-state index is 12.2. The fourth-order valence-corrected chi connectivity index (χ4v) is 2.73. The summed E-state index contributed by atoms with van der Waals surface area (Å²) in [5.41, 5.74) is 6.18. The number of aromatic nitrogens is 1. The van der Waals surface area contributed by atoms with E-state index in [0.717, 1.165) is 16.8 Å². The maximum Gasteiger partial charge on any atom is 0.272 e. The molecular formula is C21H19N3O. The molecule has 0 aliphatic carbocycles. The second-order valence-corrected chi connectivity index (χ2v) is 5.69. The van der Waals surface area contributed by atoms with E-state index in [0.29, 0.717) is 5.56 Å². The summed E-state index contributed by atoms with van der Waals surface area (Å²) in [4.78, 5) is 16.1. The summed E-state index contributed by atoms with van der Waals surface area (Å²) in [6.45, 7) is 1.92. The number of carbonyl (C=O) groups excluding carboxylic acids is 1. The van der Waals surface area contributed by atoms with Crippen LogP contribution >= 0.6 is 0 Å². The summed E-state index contributed by atoms with van der Waals surface area (Å²) in [6.07, 6.45) is 3.15. The first-order chi connectivity index (χ1) is 12.3. The monoisotopic (exact) mass is 329 g/mol. The summed E-state index contributed by atoms with van der Waals surface area (Å²) in [5, 5.41) is 4.34. The number of nitrogens with one attached hydrogen (secondary N) is 1. The van der Waals surface area contributed by atoms with Crippen LogP contribution in [0.5, 0.6) is 0 Å². The first-order valence-electron chi connectivity index (χ1n) is 8.10. The number of rotatable bonds is 5. The predicted molar refractivity (Wildman–Crippen MR) is 99.5 cm³/mol. The van der Waals surface area contributed by atoms with Gasteiger partial charge in [0.15, 0.2) is 0 Å². The highest BCUT2D eigenvalue weighted by Crippen LogP contribution is 2.25. The van der Waals surface area contributed by atoms with E-state index >= 15 is 0 Å². The third kappa shape index (κ3) is 4.18. The van der Waals surface area contributed by atoms with Gasteiger partial charge in [0.05, 0.1) is 5.56 Å². The molecule has 3 aromatic rings. The molecule has 4 heteroatoms. The standard InChI is InChI=1S/C21H19N3O/c1-16(23-24-21(25)19-13-8-14-22-15-19)20(17-9-4-2-5-10-17)18-11-6-3-7-12-18/h2-15,20H,1H3,(H,24,25)/b23-16-. The molecule has 0 radical (unpaired) electrons. The molecule has 25 heavy (non-hydrogen) atoms. The Hall–Kier alpha value is -3.27. The van der Waals surface area contributed by atoms with Crippen molar-refractivity contribution in [2.75, 3.05) is 0 Å². The third-order valence-electron chi connectivity index (χ3n) is 3.94. The molecule has 0 aliphatic heterocycles. The molecule has 1 amide bonds. The van der Waals surface area contributed by atoms with Gasteiger partial charge in [0, 0.05) is 24.0 Å². The van der Waals surface area contributed by atoms with Crippen LogP contribution in [-0.2, 0) is 0 Å². The van der Waals surface area contributed by atoms with Gasteiger partial charge >= 0.3 is 0 Å². The fourth-order valence-electron chi connectivity index (χ4n) is 2.73. The van der Waals surface area contributed by atoms with E-state index < -0.39 is 0 Å². The lowest BCUT2D eigenvalue weighted by molar-refractivity contribution is 0.0954. The lowest BCUT2D eigenvalue weighted by atomic mass is 9.88. The number of nitrogens with zero attached hydrogens (tertiary/aromatic N) is 2. The molecule has 0 bridgehead atoms. The highest BCUT2D eigenvalue weighted by molar-refractivity contribution is 5.96. The van der Waals surface area contributed by atoms with Crippen molar-refractivity contribution in [3.63, 3.8) is 0 Å². The molecule has 124 valence electrons. The van der Waals surface area contributed by atoms with Crippen LogP contribution in [0.2, 0.25) is 0 Å². The van der Waals surface area contributed by atoms with Crippen molar-refractivity contribution in [2.24, 2.45) is 5.10 Å². The number of pyridine rings is 1. The van der Waals surface area contributed by atoms with Crippen molar-refractivity contribution >= 4 is 11.6 Å². The molecule has 0 spiro atoms. The third-order valence-corrected chi connectivity index (χ3v) is 3.94. The van der Waals surface area contributed by atoms with Gasteiger partial charge in [-0.2, -0.15) is 5.10 Å². The van der Waals surface area contributed by atoms with E-state index in [1.807, 2.05) is 43.3 Å². The SMILES string of the molecule is C/C(=N/NC(=O)c1cccnc1)C(c1ccccc1)c1ccccc1. The number of amides is 1. The Morgan fingerprint density at radius 3 is 2.04 bits per heavy atom. The van der Waals surface area contributed by atoms with Crippen molar-refractivity contribution < 1.29 is 4.79 Å². The van der Waals surface area contributed by atoms with Gasteiger partial charge in [-0.3, -0.25) is 9.78 Å². The molecule has 0 fully saturated rings. The van der Waals surface area contributed by atoms with Gasteiger partial charge in [-0.25, -0.2) is 5.43 Å². The minimum absolute atomic E-state index is 0.0170. The largest absolute Gasteiger partial charge is 0.272 e. The Labute approximate surface area is 147 Å². The van der Waals surface area contributed by atoms with Crippen LogP contribution in [0, 0.1) is 0 Å². The van der Waals surface area contributed by atoms with E-state index in [-0.39, 0.29) is 11.8 Å². The second kappa shape index (κ2) is 8.02. The number of hydrogen-bond donors (Lipinski definition) is 1. The van der Waals surface area contributed by atoms with Gasteiger partial charge in [0.2, 0.25) is 0 Å². The Morgan fingerprint density at radius 2 is 1.52 bits per heavy atom. The lowest BCUT2D eigenvalue weighted by Crippen LogP contribution is -2.21. The lowest BCUT2D eigenvalue weighted by Gasteiger charge is -2.18. The molecule has 1 aromatic heterocycles. The van der Waals surface area contributed by atoms with Crippen molar-refractivity contribution in [3.8, 4) is 0 Å². The molecular weight excluding hydrogens is 310 g/mol. The van der Waals surface area contributed by atoms with Crippen LogP contribution in [0.4, 0.5) is 0 Å². The molecule has 0 unspecified atom stereocenters. The van der Waals surface area contributed by atoms with Gasteiger partial charge < -0.3 is 0 Å². The zero-order valence-corrected chi connectivity index (χ0v) is 14.0. The van der Waals surface area contributed by atoms with Gasteiger partial charge in [-0.1, -0.05) is 60.7 Å². The highest BCUT2D eigenvalue weighted by Gasteiger charge is 2.17. The van der Waals surface area contributed by atoms with Crippen molar-refractivity contribution in [1.82, 2.24) is 10.4 Å². The van der Waals surface area contributed by atoms with Crippen LogP contribution in [-0.4, -0.2) is 16.6 Å². The number of hydrogen-bond acceptors (Lipinski definition) is 3. The Kier molecular flexibility index (Phi) is 5.32. The summed E-state index contributed by atoms with van der Waals surface area (Å²) < 4.78 is 0. The molecule has 0 saturated carbocycles. The van der Waals surface area contributed by atoms with Crippen molar-refractivity contribution in [2.45, 2.75) is 12.8 Å². The number of carbonyl (C=O) groups is 1. The molecule has 4 nitrogen and oxygen atoms in total. The fraction of sp³-hybridized carbons (Fsp3) is 0.0952. The van der Waals surface area contributed by atoms with E-state index in [2.05, 4.69) is 39.8 Å². The molecule has 3 rings (SSSR count). The summed E-state index contributed by atoms with van der Waals surface area (Å²) in [7, 11) is 0. The summed E-state index contributed by atoms with van der Waals surface area (Å²) in [6, 6.07) is 23.7. The normalized spacial score (nSPS) is 11.4. The minimum Gasteiger partial charge on any atom is -0.267 e. The predicted octanol–water partition coefficient (Wildman–Crippen LogP) is 4.02. The minimum atomic E-state index is -0.271. The quantitative estimate of drug-likeness (QED) is 0.568. The van der Waals surface area contributed by atoms with Gasteiger partial charge in [0.1, 0.15) is 0 Å². The van der Waals surface area contributed by atoms with Gasteiger partial charge in [-0.15, -0.1) is 0 Å². The maximum atomic E-state index is 12.2. The van der Waals surface area contributed by atoms with Gasteiger partial charge in [-0.05, 0) is 30.2 Å². The molecule has 0 aliphatic rings. The van der Waals surface area contributed by atoms with Crippen molar-refractivity contribution in [1.29, 1.82) is 0 Å². The average molecular weight is 329 g/mol. The first-order valence-corrected chi connectivity index (χ1v) is 8.10. The Balaban J connectivity index is 1.87. The van der Waals surface area contributed by atoms with Gasteiger partial charge in [0.25, 0.3) is 5.91 Å². The molecule has 0 atom stereocenters. The topological polar surface area (TPSA) is 54.4 Å². The summed E-state index contributed by atoms with van der Waals surface area (Å²) in [5.74, 6) is -0.288.